The molecule has 1 aliphatic carbocycles. The predicted molar refractivity (Wildman–Crippen MR) is 60.4 cm³/mol. The first-order chi connectivity index (χ1) is 6.45. The molecule has 1 heteroatoms. The van der Waals surface area contributed by atoms with Crippen LogP contribution >= 0.6 is 0 Å². The van der Waals surface area contributed by atoms with E-state index >= 15 is 0 Å². The minimum absolute atomic E-state index is 0. The average molecular weight is 373 g/mol. The zero-order chi connectivity index (χ0) is 8.67. The summed E-state index contributed by atoms with van der Waals surface area (Å²) in [5.74, 6) is 0. The summed E-state index contributed by atoms with van der Waals surface area (Å²) in [4.78, 5) is 0. The molecule has 2 aromatic carbocycles. The molecule has 66 valence electrons. The van der Waals surface area contributed by atoms with E-state index in [1.165, 1.54) is 22.3 Å². The van der Waals surface area contributed by atoms with Gasteiger partial charge in [0.2, 0.25) is 0 Å². The summed E-state index contributed by atoms with van der Waals surface area (Å²) >= 11 is 0. The van der Waals surface area contributed by atoms with Crippen molar-refractivity contribution < 1.29 is 0 Å². The van der Waals surface area contributed by atoms with Crippen molar-refractivity contribution in [3.63, 3.8) is 0 Å². The molecule has 0 amide bonds. The maximum atomic E-state index is 2.22. The molecule has 0 nitrogen and oxygen atoms in total. The first-order valence-corrected chi connectivity index (χ1v) is 4.61. The maximum absolute atomic E-state index is 2.22. The van der Waals surface area contributed by atoms with E-state index in [0.29, 0.717) is 0 Å². The van der Waals surface area contributed by atoms with Crippen LogP contribution in [0.1, 0.15) is 11.1 Å². The van der Waals surface area contributed by atoms with E-state index < -0.39 is 0 Å². The van der Waals surface area contributed by atoms with Crippen molar-refractivity contribution in [1.29, 1.82) is 0 Å². The van der Waals surface area contributed by atoms with Gasteiger partial charge in [-0.1, -0.05) is 48.5 Å². The van der Waals surface area contributed by atoms with Crippen molar-refractivity contribution in [3.8, 4) is 11.1 Å². The quantitative estimate of drug-likeness (QED) is 0.532. The monoisotopic (exact) mass is 374 g/mol. The fourth-order valence-corrected chi connectivity index (χ4v) is 2.08. The fraction of sp³-hybridized carbons (Fsp3) is 0.0769. The summed E-state index contributed by atoms with van der Waals surface area (Å²) in [6.07, 6.45) is 1.10. The second-order valence-corrected chi connectivity index (χ2v) is 3.49. The molecular formula is C13H10Pb. The number of rotatable bonds is 0. The van der Waals surface area contributed by atoms with Crippen LogP contribution in [0.5, 0.6) is 0 Å². The number of hydrogen-bond acceptors (Lipinski definition) is 0. The van der Waals surface area contributed by atoms with Gasteiger partial charge in [0.15, 0.2) is 0 Å². The Balaban J connectivity index is 0.000000750. The Morgan fingerprint density at radius 3 is 1.57 bits per heavy atom. The molecule has 0 saturated heterocycles. The van der Waals surface area contributed by atoms with Gasteiger partial charge in [-0.05, 0) is 28.7 Å². The average Bonchev–Trinajstić information content (AvgIpc) is 2.56. The van der Waals surface area contributed by atoms with Crippen molar-refractivity contribution in [2.24, 2.45) is 0 Å². The standard InChI is InChI=1S/C13H10.Pb/c1-3-7-12-10(5-1)9-11-6-2-4-8-13(11)12;/h1-8H,9H2;. The minimum Gasteiger partial charge on any atom is -0.0619 e. The second kappa shape index (κ2) is 3.85. The largest absolute Gasteiger partial charge is 0.0619 e. The Morgan fingerprint density at radius 1 is 0.643 bits per heavy atom. The zero-order valence-electron chi connectivity index (χ0n) is 7.83. The molecule has 1 aliphatic rings. The Hall–Kier alpha value is -0.638. The van der Waals surface area contributed by atoms with Crippen molar-refractivity contribution in [2.45, 2.75) is 6.42 Å². The van der Waals surface area contributed by atoms with Gasteiger partial charge in [-0.15, -0.1) is 0 Å². The second-order valence-electron chi connectivity index (χ2n) is 3.49. The topological polar surface area (TPSA) is 0 Å². The fourth-order valence-electron chi connectivity index (χ4n) is 2.08. The van der Waals surface area contributed by atoms with Gasteiger partial charge in [-0.2, -0.15) is 0 Å². The first kappa shape index (κ1) is 9.90. The van der Waals surface area contributed by atoms with Crippen LogP contribution in [0.4, 0.5) is 0 Å². The van der Waals surface area contributed by atoms with E-state index in [1.54, 1.807) is 0 Å². The summed E-state index contributed by atoms with van der Waals surface area (Å²) in [6, 6.07) is 17.3. The maximum Gasteiger partial charge on any atom is 0 e. The van der Waals surface area contributed by atoms with Gasteiger partial charge in [0.1, 0.15) is 0 Å². The van der Waals surface area contributed by atoms with E-state index in [2.05, 4.69) is 48.5 Å². The van der Waals surface area contributed by atoms with E-state index in [0.717, 1.165) is 6.42 Å². The molecule has 3 rings (SSSR count). The van der Waals surface area contributed by atoms with Crippen LogP contribution in [0, 0.1) is 0 Å². The molecule has 0 saturated carbocycles. The van der Waals surface area contributed by atoms with E-state index in [9.17, 15) is 0 Å². The Kier molecular flexibility index (Phi) is 2.72. The van der Waals surface area contributed by atoms with Gasteiger partial charge in [-0.3, -0.25) is 0 Å². The van der Waals surface area contributed by atoms with Gasteiger partial charge in [0.05, 0.1) is 0 Å². The SMILES string of the molecule is [Pb].c1ccc2c(c1)Cc1ccccc1-2. The molecule has 0 atom stereocenters. The van der Waals surface area contributed by atoms with Crippen molar-refractivity contribution in [3.05, 3.63) is 59.7 Å². The van der Waals surface area contributed by atoms with Crippen LogP contribution in [0.3, 0.4) is 0 Å². The number of hydrogen-bond donors (Lipinski definition) is 0. The molecule has 0 N–H and O–H groups in total. The molecule has 14 heavy (non-hydrogen) atoms. The molecule has 0 bridgehead atoms. The van der Waals surface area contributed by atoms with Crippen molar-refractivity contribution in [2.75, 3.05) is 0 Å². The van der Waals surface area contributed by atoms with Gasteiger partial charge in [0, 0.05) is 27.3 Å². The third-order valence-electron chi connectivity index (χ3n) is 2.71. The third kappa shape index (κ3) is 1.42. The first-order valence-electron chi connectivity index (χ1n) is 4.61. The number of fused-ring (bicyclic) bond motifs is 3. The Morgan fingerprint density at radius 2 is 1.07 bits per heavy atom. The van der Waals surface area contributed by atoms with E-state index in [-0.39, 0.29) is 27.3 Å². The molecule has 0 fully saturated rings. The van der Waals surface area contributed by atoms with Crippen LogP contribution < -0.4 is 0 Å². The van der Waals surface area contributed by atoms with Crippen LogP contribution in [-0.4, -0.2) is 27.3 Å². The van der Waals surface area contributed by atoms with Crippen molar-refractivity contribution in [1.82, 2.24) is 0 Å². The van der Waals surface area contributed by atoms with Crippen LogP contribution in [0.25, 0.3) is 11.1 Å². The summed E-state index contributed by atoms with van der Waals surface area (Å²) in [7, 11) is 0. The summed E-state index contributed by atoms with van der Waals surface area (Å²) in [5, 5.41) is 0. The van der Waals surface area contributed by atoms with Gasteiger partial charge in [0.25, 0.3) is 0 Å². The molecule has 4 radical (unpaired) electrons. The summed E-state index contributed by atoms with van der Waals surface area (Å²) in [5.41, 5.74) is 5.75. The minimum atomic E-state index is 0. The van der Waals surface area contributed by atoms with Crippen LogP contribution in [0.15, 0.2) is 48.5 Å². The Labute approximate surface area is 104 Å². The van der Waals surface area contributed by atoms with Crippen LogP contribution in [0.2, 0.25) is 0 Å². The molecular weight excluding hydrogens is 363 g/mol. The van der Waals surface area contributed by atoms with E-state index in [4.69, 9.17) is 0 Å². The molecule has 0 aliphatic heterocycles. The predicted octanol–water partition coefficient (Wildman–Crippen LogP) is 2.88. The van der Waals surface area contributed by atoms with Gasteiger partial charge < -0.3 is 0 Å². The molecule has 0 heterocycles. The Bertz CT molecular complexity index is 417. The third-order valence-corrected chi connectivity index (χ3v) is 2.71. The molecule has 0 aromatic heterocycles. The van der Waals surface area contributed by atoms with Crippen LogP contribution in [-0.2, 0) is 6.42 Å². The van der Waals surface area contributed by atoms with Gasteiger partial charge >= 0.3 is 0 Å². The molecule has 0 spiro atoms. The smallest absolute Gasteiger partial charge is 0 e. The molecule has 0 unspecified atom stereocenters. The zero-order valence-corrected chi connectivity index (χ0v) is 11.7. The van der Waals surface area contributed by atoms with Crippen molar-refractivity contribution >= 4 is 27.3 Å². The normalized spacial score (nSPS) is 11.4. The summed E-state index contributed by atoms with van der Waals surface area (Å²) in [6.45, 7) is 0. The number of benzene rings is 2. The summed E-state index contributed by atoms with van der Waals surface area (Å²) < 4.78 is 0. The van der Waals surface area contributed by atoms with E-state index in [1.807, 2.05) is 0 Å². The van der Waals surface area contributed by atoms with Gasteiger partial charge in [-0.25, -0.2) is 0 Å². The molecule has 2 aromatic rings.